The molecule has 13 heavy (non-hydrogen) atoms. The molecule has 0 heterocycles. The van der Waals surface area contributed by atoms with Crippen LogP contribution in [0.15, 0.2) is 0 Å². The average Bonchev–Trinajstić information content (AvgIpc) is 2.85. The highest BCUT2D eigenvalue weighted by molar-refractivity contribution is 4.92. The average molecular weight is 186 g/mol. The Balaban J connectivity index is 2.28. The standard InChI is InChI=1S/C10H22N2O/c1-10(8-13,6-7-12(2)3)11-9-4-5-9/h9,11,13H,4-8H2,1-3H3. The number of rotatable bonds is 6. The molecule has 0 spiro atoms. The van der Waals surface area contributed by atoms with E-state index in [4.69, 9.17) is 0 Å². The smallest absolute Gasteiger partial charge is 0.0611 e. The van der Waals surface area contributed by atoms with E-state index >= 15 is 0 Å². The van der Waals surface area contributed by atoms with Gasteiger partial charge in [-0.25, -0.2) is 0 Å². The Morgan fingerprint density at radius 2 is 2.08 bits per heavy atom. The molecule has 3 heteroatoms. The van der Waals surface area contributed by atoms with Crippen molar-refractivity contribution < 1.29 is 5.11 Å². The second-order valence-electron chi connectivity index (χ2n) is 4.69. The Hall–Kier alpha value is -0.120. The van der Waals surface area contributed by atoms with Gasteiger partial charge in [0.1, 0.15) is 0 Å². The molecule has 0 amide bonds. The summed E-state index contributed by atoms with van der Waals surface area (Å²) >= 11 is 0. The summed E-state index contributed by atoms with van der Waals surface area (Å²) in [5.74, 6) is 0. The molecule has 0 aromatic heterocycles. The first-order valence-corrected chi connectivity index (χ1v) is 5.09. The molecule has 0 aliphatic heterocycles. The topological polar surface area (TPSA) is 35.5 Å². The summed E-state index contributed by atoms with van der Waals surface area (Å²) in [7, 11) is 4.13. The van der Waals surface area contributed by atoms with Crippen LogP contribution < -0.4 is 5.32 Å². The van der Waals surface area contributed by atoms with Crippen molar-refractivity contribution in [2.45, 2.75) is 37.8 Å². The highest BCUT2D eigenvalue weighted by Gasteiger charge is 2.31. The minimum Gasteiger partial charge on any atom is -0.394 e. The Morgan fingerprint density at radius 3 is 2.46 bits per heavy atom. The molecule has 1 fully saturated rings. The Labute approximate surface area is 81.1 Å². The zero-order chi connectivity index (χ0) is 9.90. The van der Waals surface area contributed by atoms with E-state index in [2.05, 4.69) is 31.2 Å². The van der Waals surface area contributed by atoms with Gasteiger partial charge in [0.15, 0.2) is 0 Å². The van der Waals surface area contributed by atoms with Gasteiger partial charge in [-0.1, -0.05) is 0 Å². The van der Waals surface area contributed by atoms with Crippen LogP contribution in [0.2, 0.25) is 0 Å². The normalized spacial score (nSPS) is 21.9. The van der Waals surface area contributed by atoms with Gasteiger partial charge in [-0.05, 0) is 46.8 Å². The molecule has 0 bridgehead atoms. The zero-order valence-corrected chi connectivity index (χ0v) is 9.01. The van der Waals surface area contributed by atoms with Crippen molar-refractivity contribution in [2.75, 3.05) is 27.2 Å². The summed E-state index contributed by atoms with van der Waals surface area (Å²) in [6.07, 6.45) is 3.56. The van der Waals surface area contributed by atoms with Crippen LogP contribution >= 0.6 is 0 Å². The third-order valence-corrected chi connectivity index (χ3v) is 2.59. The van der Waals surface area contributed by atoms with Crippen molar-refractivity contribution in [1.82, 2.24) is 10.2 Å². The fourth-order valence-corrected chi connectivity index (χ4v) is 1.39. The summed E-state index contributed by atoms with van der Waals surface area (Å²) < 4.78 is 0. The monoisotopic (exact) mass is 186 g/mol. The van der Waals surface area contributed by atoms with Crippen LogP contribution in [0, 0.1) is 0 Å². The molecule has 1 unspecified atom stereocenters. The van der Waals surface area contributed by atoms with Gasteiger partial charge in [0.05, 0.1) is 6.61 Å². The lowest BCUT2D eigenvalue weighted by Crippen LogP contribution is -2.48. The second-order valence-corrected chi connectivity index (χ2v) is 4.69. The van der Waals surface area contributed by atoms with Crippen molar-refractivity contribution in [1.29, 1.82) is 0 Å². The fourth-order valence-electron chi connectivity index (χ4n) is 1.39. The van der Waals surface area contributed by atoms with E-state index in [0.717, 1.165) is 13.0 Å². The predicted molar refractivity (Wildman–Crippen MR) is 54.8 cm³/mol. The predicted octanol–water partition coefficient (Wildman–Crippen LogP) is 0.441. The number of nitrogens with zero attached hydrogens (tertiary/aromatic N) is 1. The summed E-state index contributed by atoms with van der Waals surface area (Å²) in [6, 6.07) is 0.666. The van der Waals surface area contributed by atoms with Gasteiger partial charge < -0.3 is 15.3 Å². The summed E-state index contributed by atoms with van der Waals surface area (Å²) in [5, 5.41) is 12.8. The highest BCUT2D eigenvalue weighted by atomic mass is 16.3. The summed E-state index contributed by atoms with van der Waals surface area (Å²) in [6.45, 7) is 3.36. The fraction of sp³-hybridized carbons (Fsp3) is 1.00. The van der Waals surface area contributed by atoms with Gasteiger partial charge in [-0.2, -0.15) is 0 Å². The molecule has 1 saturated carbocycles. The van der Waals surface area contributed by atoms with Gasteiger partial charge >= 0.3 is 0 Å². The first kappa shape index (κ1) is 11.0. The molecular formula is C10H22N2O. The van der Waals surface area contributed by atoms with Crippen LogP contribution in [0.1, 0.15) is 26.2 Å². The van der Waals surface area contributed by atoms with Gasteiger partial charge in [0, 0.05) is 11.6 Å². The Bertz CT molecular complexity index is 157. The lowest BCUT2D eigenvalue weighted by Gasteiger charge is -2.30. The van der Waals surface area contributed by atoms with Crippen LogP contribution in [0.3, 0.4) is 0 Å². The molecule has 1 aliphatic rings. The molecule has 1 rings (SSSR count). The Morgan fingerprint density at radius 1 is 1.46 bits per heavy atom. The third-order valence-electron chi connectivity index (χ3n) is 2.59. The van der Waals surface area contributed by atoms with E-state index < -0.39 is 0 Å². The maximum atomic E-state index is 9.29. The van der Waals surface area contributed by atoms with Crippen molar-refractivity contribution in [2.24, 2.45) is 0 Å². The van der Waals surface area contributed by atoms with Crippen LogP contribution in [0.25, 0.3) is 0 Å². The molecule has 0 aromatic rings. The first-order chi connectivity index (χ1) is 6.06. The Kier molecular flexibility index (Phi) is 3.71. The van der Waals surface area contributed by atoms with Crippen molar-refractivity contribution >= 4 is 0 Å². The number of nitrogens with one attached hydrogen (secondary N) is 1. The highest BCUT2D eigenvalue weighted by Crippen LogP contribution is 2.23. The summed E-state index contributed by atoms with van der Waals surface area (Å²) in [5.41, 5.74) is -0.0779. The molecule has 1 aliphatic carbocycles. The van der Waals surface area contributed by atoms with Crippen LogP contribution in [0.5, 0.6) is 0 Å². The number of hydrogen-bond donors (Lipinski definition) is 2. The van der Waals surface area contributed by atoms with Crippen LogP contribution in [0.4, 0.5) is 0 Å². The van der Waals surface area contributed by atoms with E-state index in [-0.39, 0.29) is 12.1 Å². The van der Waals surface area contributed by atoms with Crippen molar-refractivity contribution in [3.05, 3.63) is 0 Å². The van der Waals surface area contributed by atoms with E-state index in [1.165, 1.54) is 12.8 Å². The van der Waals surface area contributed by atoms with Gasteiger partial charge in [0.25, 0.3) is 0 Å². The number of hydrogen-bond acceptors (Lipinski definition) is 3. The van der Waals surface area contributed by atoms with E-state index in [9.17, 15) is 5.11 Å². The van der Waals surface area contributed by atoms with Crippen LogP contribution in [-0.4, -0.2) is 48.8 Å². The lowest BCUT2D eigenvalue weighted by molar-refractivity contribution is 0.153. The van der Waals surface area contributed by atoms with Crippen molar-refractivity contribution in [3.63, 3.8) is 0 Å². The van der Waals surface area contributed by atoms with E-state index in [1.54, 1.807) is 0 Å². The molecule has 0 saturated heterocycles. The van der Waals surface area contributed by atoms with Crippen LogP contribution in [-0.2, 0) is 0 Å². The third kappa shape index (κ3) is 4.07. The second kappa shape index (κ2) is 4.40. The van der Waals surface area contributed by atoms with E-state index in [0.29, 0.717) is 6.04 Å². The van der Waals surface area contributed by atoms with E-state index in [1.807, 2.05) is 0 Å². The van der Waals surface area contributed by atoms with Gasteiger partial charge in [-0.3, -0.25) is 0 Å². The minimum absolute atomic E-state index is 0.0779. The van der Waals surface area contributed by atoms with Gasteiger partial charge in [-0.15, -0.1) is 0 Å². The SMILES string of the molecule is CN(C)CCC(C)(CO)NC1CC1. The maximum absolute atomic E-state index is 9.29. The summed E-state index contributed by atoms with van der Waals surface area (Å²) in [4.78, 5) is 2.16. The largest absolute Gasteiger partial charge is 0.394 e. The quantitative estimate of drug-likeness (QED) is 0.632. The molecular weight excluding hydrogens is 164 g/mol. The zero-order valence-electron chi connectivity index (χ0n) is 9.01. The maximum Gasteiger partial charge on any atom is 0.0611 e. The molecule has 3 nitrogen and oxygen atoms in total. The first-order valence-electron chi connectivity index (χ1n) is 5.09. The number of aliphatic hydroxyl groups is 1. The van der Waals surface area contributed by atoms with Crippen molar-refractivity contribution in [3.8, 4) is 0 Å². The van der Waals surface area contributed by atoms with Gasteiger partial charge in [0.2, 0.25) is 0 Å². The molecule has 1 atom stereocenters. The molecule has 0 radical (unpaired) electrons. The lowest BCUT2D eigenvalue weighted by atomic mass is 9.98. The number of aliphatic hydroxyl groups excluding tert-OH is 1. The molecule has 0 aromatic carbocycles. The molecule has 2 N–H and O–H groups in total. The minimum atomic E-state index is -0.0779. The molecule has 78 valence electrons.